The molecule has 5 rings (SSSR count). The van der Waals surface area contributed by atoms with Crippen LogP contribution in [-0.4, -0.2) is 31.8 Å². The number of nitrogens with one attached hydrogen (secondary N) is 2. The van der Waals surface area contributed by atoms with Crippen molar-refractivity contribution in [3.8, 4) is 11.3 Å². The van der Waals surface area contributed by atoms with E-state index in [1.54, 1.807) is 36.9 Å². The summed E-state index contributed by atoms with van der Waals surface area (Å²) in [7, 11) is 0. The Morgan fingerprint density at radius 2 is 1.80 bits per heavy atom. The first-order valence-corrected chi connectivity index (χ1v) is 11.1. The first kappa shape index (κ1) is 22.1. The highest BCUT2D eigenvalue weighted by Crippen LogP contribution is 2.33. The first-order chi connectivity index (χ1) is 17.0. The fraction of sp³-hybridized carbons (Fsp3) is 0.111. The molecule has 2 aromatic carbocycles. The molecule has 2 N–H and O–H groups in total. The van der Waals surface area contributed by atoms with Gasteiger partial charge in [-0.05, 0) is 37.3 Å². The van der Waals surface area contributed by atoms with Crippen LogP contribution in [0, 0.1) is 6.92 Å². The van der Waals surface area contributed by atoms with E-state index in [4.69, 9.17) is 4.98 Å². The molecular formula is C27H22N6O2. The lowest BCUT2D eigenvalue weighted by atomic mass is 10.00. The molecule has 3 aromatic heterocycles. The van der Waals surface area contributed by atoms with Crippen LogP contribution in [0.25, 0.3) is 32.9 Å². The molecule has 0 saturated heterocycles. The van der Waals surface area contributed by atoms with Gasteiger partial charge in [0.2, 0.25) is 5.91 Å². The summed E-state index contributed by atoms with van der Waals surface area (Å²) in [4.78, 5) is 42.1. The largest absolute Gasteiger partial charge is 0.346 e. The van der Waals surface area contributed by atoms with Crippen molar-refractivity contribution in [2.75, 3.05) is 5.32 Å². The van der Waals surface area contributed by atoms with Crippen LogP contribution in [0.15, 0.2) is 73.3 Å². The SMILES string of the molecule is CC(=O)Nc1cccc(-c2nc3cc(C(=O)NCc4cnc(C)cn4)ccc3c3cnccc23)c1. The van der Waals surface area contributed by atoms with Gasteiger partial charge in [-0.1, -0.05) is 18.2 Å². The molecule has 5 aromatic rings. The standard InChI is InChI=1S/C27H22N6O2/c1-16-12-30-21(13-29-16)14-31-27(35)19-6-7-22-24-15-28-9-8-23(24)26(33-25(22)11-19)18-4-3-5-20(10-18)32-17(2)34/h3-13,15H,14H2,1-2H3,(H,31,35)(H,32,34). The van der Waals surface area contributed by atoms with E-state index < -0.39 is 0 Å². The van der Waals surface area contributed by atoms with Crippen molar-refractivity contribution in [2.24, 2.45) is 0 Å². The van der Waals surface area contributed by atoms with Crippen molar-refractivity contribution < 1.29 is 9.59 Å². The molecule has 0 unspecified atom stereocenters. The normalized spacial score (nSPS) is 10.9. The number of benzene rings is 2. The number of hydrogen-bond acceptors (Lipinski definition) is 6. The summed E-state index contributed by atoms with van der Waals surface area (Å²) >= 11 is 0. The fourth-order valence-electron chi connectivity index (χ4n) is 3.94. The first-order valence-electron chi connectivity index (χ1n) is 11.1. The summed E-state index contributed by atoms with van der Waals surface area (Å²) in [5.41, 5.74) is 4.95. The Labute approximate surface area is 201 Å². The number of carbonyl (C=O) groups excluding carboxylic acids is 2. The Kier molecular flexibility index (Phi) is 5.85. The van der Waals surface area contributed by atoms with E-state index in [0.29, 0.717) is 22.5 Å². The van der Waals surface area contributed by atoms with Gasteiger partial charge in [-0.25, -0.2) is 4.98 Å². The molecule has 0 aliphatic rings. The molecule has 0 spiro atoms. The lowest BCUT2D eigenvalue weighted by molar-refractivity contribution is -0.114. The maximum absolute atomic E-state index is 12.9. The highest BCUT2D eigenvalue weighted by molar-refractivity contribution is 6.12. The quantitative estimate of drug-likeness (QED) is 0.374. The zero-order valence-electron chi connectivity index (χ0n) is 19.2. The molecule has 172 valence electrons. The molecule has 0 fully saturated rings. The number of hydrogen-bond donors (Lipinski definition) is 2. The van der Waals surface area contributed by atoms with Gasteiger partial charge in [-0.15, -0.1) is 0 Å². The summed E-state index contributed by atoms with van der Waals surface area (Å²) in [6.45, 7) is 3.61. The van der Waals surface area contributed by atoms with E-state index >= 15 is 0 Å². The van der Waals surface area contributed by atoms with Gasteiger partial charge in [0.15, 0.2) is 0 Å². The minimum Gasteiger partial charge on any atom is -0.346 e. The van der Waals surface area contributed by atoms with E-state index in [1.807, 2.05) is 43.3 Å². The molecule has 0 atom stereocenters. The summed E-state index contributed by atoms with van der Waals surface area (Å²) in [6, 6.07) is 14.9. The number of aromatic nitrogens is 4. The zero-order valence-corrected chi connectivity index (χ0v) is 19.2. The van der Waals surface area contributed by atoms with Crippen LogP contribution in [0.1, 0.15) is 28.7 Å². The molecule has 0 aliphatic heterocycles. The van der Waals surface area contributed by atoms with Gasteiger partial charge in [0.1, 0.15) is 0 Å². The monoisotopic (exact) mass is 462 g/mol. The molecule has 0 bridgehead atoms. The van der Waals surface area contributed by atoms with Crippen molar-refractivity contribution in [2.45, 2.75) is 20.4 Å². The second-order valence-electron chi connectivity index (χ2n) is 8.21. The van der Waals surface area contributed by atoms with Gasteiger partial charge in [0.05, 0.1) is 35.3 Å². The highest BCUT2D eigenvalue weighted by atomic mass is 16.2. The van der Waals surface area contributed by atoms with Crippen LogP contribution in [0.2, 0.25) is 0 Å². The second kappa shape index (κ2) is 9.26. The Balaban J connectivity index is 1.54. The van der Waals surface area contributed by atoms with Crippen LogP contribution in [-0.2, 0) is 11.3 Å². The van der Waals surface area contributed by atoms with Crippen LogP contribution < -0.4 is 10.6 Å². The van der Waals surface area contributed by atoms with E-state index in [9.17, 15) is 9.59 Å². The molecule has 35 heavy (non-hydrogen) atoms. The number of fused-ring (bicyclic) bond motifs is 3. The number of pyridine rings is 2. The minimum absolute atomic E-state index is 0.144. The Morgan fingerprint density at radius 1 is 0.914 bits per heavy atom. The Morgan fingerprint density at radius 3 is 2.60 bits per heavy atom. The maximum Gasteiger partial charge on any atom is 0.251 e. The minimum atomic E-state index is -0.225. The van der Waals surface area contributed by atoms with Crippen LogP contribution in [0.3, 0.4) is 0 Å². The van der Waals surface area contributed by atoms with E-state index in [-0.39, 0.29) is 18.4 Å². The Hall–Kier alpha value is -4.72. The van der Waals surface area contributed by atoms with Crippen molar-refractivity contribution in [1.82, 2.24) is 25.3 Å². The van der Waals surface area contributed by atoms with Gasteiger partial charge in [-0.3, -0.25) is 24.5 Å². The number of amides is 2. The molecule has 0 aliphatic carbocycles. The Bertz CT molecular complexity index is 1580. The van der Waals surface area contributed by atoms with Crippen molar-refractivity contribution >= 4 is 39.2 Å². The molecule has 3 heterocycles. The highest BCUT2D eigenvalue weighted by Gasteiger charge is 2.14. The average Bonchev–Trinajstić information content (AvgIpc) is 2.87. The van der Waals surface area contributed by atoms with Gasteiger partial charge in [0, 0.05) is 58.5 Å². The lowest BCUT2D eigenvalue weighted by Crippen LogP contribution is -2.23. The molecular weight excluding hydrogens is 440 g/mol. The summed E-state index contributed by atoms with van der Waals surface area (Å²) in [5.74, 6) is -0.369. The van der Waals surface area contributed by atoms with E-state index in [1.165, 1.54) is 6.92 Å². The molecule has 2 amide bonds. The van der Waals surface area contributed by atoms with Gasteiger partial charge in [0.25, 0.3) is 5.91 Å². The number of carbonyl (C=O) groups is 2. The van der Waals surface area contributed by atoms with E-state index in [0.717, 1.165) is 33.1 Å². The third-order valence-electron chi connectivity index (χ3n) is 5.58. The van der Waals surface area contributed by atoms with Gasteiger partial charge < -0.3 is 10.6 Å². The average molecular weight is 463 g/mol. The van der Waals surface area contributed by atoms with Gasteiger partial charge in [-0.2, -0.15) is 0 Å². The van der Waals surface area contributed by atoms with Crippen LogP contribution in [0.4, 0.5) is 5.69 Å². The number of nitrogens with zero attached hydrogens (tertiary/aromatic N) is 4. The molecule has 0 radical (unpaired) electrons. The second-order valence-corrected chi connectivity index (χ2v) is 8.21. The maximum atomic E-state index is 12.9. The van der Waals surface area contributed by atoms with Crippen molar-refractivity contribution in [3.63, 3.8) is 0 Å². The molecule has 8 nitrogen and oxygen atoms in total. The summed E-state index contributed by atoms with van der Waals surface area (Å²) < 4.78 is 0. The van der Waals surface area contributed by atoms with Crippen molar-refractivity contribution in [1.29, 1.82) is 0 Å². The summed E-state index contributed by atoms with van der Waals surface area (Å²) in [5, 5.41) is 8.46. The molecule has 0 saturated carbocycles. The third kappa shape index (κ3) is 4.67. The smallest absolute Gasteiger partial charge is 0.251 e. The topological polar surface area (TPSA) is 110 Å². The van der Waals surface area contributed by atoms with Crippen LogP contribution >= 0.6 is 0 Å². The van der Waals surface area contributed by atoms with E-state index in [2.05, 4.69) is 25.6 Å². The van der Waals surface area contributed by atoms with Gasteiger partial charge >= 0.3 is 0 Å². The predicted molar refractivity (Wildman–Crippen MR) is 135 cm³/mol. The zero-order chi connectivity index (χ0) is 24.4. The number of anilines is 1. The van der Waals surface area contributed by atoms with Crippen LogP contribution in [0.5, 0.6) is 0 Å². The lowest BCUT2D eigenvalue weighted by Gasteiger charge is -2.12. The third-order valence-corrected chi connectivity index (χ3v) is 5.58. The number of aryl methyl sites for hydroxylation is 1. The molecule has 8 heteroatoms. The number of rotatable bonds is 5. The fourth-order valence-corrected chi connectivity index (χ4v) is 3.94. The summed E-state index contributed by atoms with van der Waals surface area (Å²) in [6.07, 6.45) is 6.85. The van der Waals surface area contributed by atoms with Crippen molar-refractivity contribution in [3.05, 3.63) is 90.3 Å². The predicted octanol–water partition coefficient (Wildman–Crippen LogP) is 4.44.